The largest absolute Gasteiger partial charge is 0.385 e. The minimum absolute atomic E-state index is 0.975. The third kappa shape index (κ3) is 4.64. The quantitative estimate of drug-likeness (QED) is 0.711. The van der Waals surface area contributed by atoms with Crippen LogP contribution >= 0.6 is 0 Å². The van der Waals surface area contributed by atoms with Gasteiger partial charge in [0.05, 0.1) is 5.69 Å². The molecule has 108 valence electrons. The van der Waals surface area contributed by atoms with Gasteiger partial charge in [-0.05, 0) is 35.0 Å². The highest BCUT2D eigenvalue weighted by molar-refractivity contribution is 5.50. The van der Waals surface area contributed by atoms with Gasteiger partial charge in [0.15, 0.2) is 0 Å². The van der Waals surface area contributed by atoms with Crippen LogP contribution in [0, 0.1) is 0 Å². The van der Waals surface area contributed by atoms with E-state index in [1.54, 1.807) is 11.0 Å². The van der Waals surface area contributed by atoms with Gasteiger partial charge in [-0.3, -0.25) is 0 Å². The summed E-state index contributed by atoms with van der Waals surface area (Å²) in [5.41, 5.74) is 2.09. The number of anilines is 1. The predicted octanol–water partition coefficient (Wildman–Crippen LogP) is 3.43. The Bertz CT molecular complexity index is 481. The van der Waals surface area contributed by atoms with E-state index in [0.717, 1.165) is 17.9 Å². The molecule has 5 heteroatoms. The van der Waals surface area contributed by atoms with E-state index >= 15 is 0 Å². The zero-order valence-electron chi connectivity index (χ0n) is 12.1. The highest BCUT2D eigenvalue weighted by atomic mass is 15.5. The molecule has 0 aliphatic rings. The van der Waals surface area contributed by atoms with Crippen LogP contribution in [0.2, 0.25) is 0 Å². The van der Waals surface area contributed by atoms with Crippen molar-refractivity contribution in [3.63, 3.8) is 0 Å². The molecule has 0 fully saturated rings. The van der Waals surface area contributed by atoms with E-state index in [0.29, 0.717) is 0 Å². The molecule has 0 radical (unpaired) electrons. The third-order valence-corrected chi connectivity index (χ3v) is 3.32. The maximum atomic E-state index is 3.89. The molecule has 2 rings (SSSR count). The van der Waals surface area contributed by atoms with Crippen molar-refractivity contribution in [1.82, 2.24) is 20.2 Å². The summed E-state index contributed by atoms with van der Waals surface area (Å²) in [4.78, 5) is 0. The summed E-state index contributed by atoms with van der Waals surface area (Å²) in [6, 6.07) is 8.14. The molecule has 5 nitrogen and oxygen atoms in total. The van der Waals surface area contributed by atoms with Crippen LogP contribution in [-0.4, -0.2) is 26.8 Å². The Kier molecular flexibility index (Phi) is 6.02. The van der Waals surface area contributed by atoms with Gasteiger partial charge in [0.2, 0.25) is 0 Å². The molecule has 1 aromatic heterocycles. The standard InChI is InChI=1S/C15H23N5/c1-2-3-4-5-6-7-11-16-14-9-8-10-15(12-14)20-13-17-18-19-20/h8-10,12-13,16H,2-7,11H2,1H3. The molecule has 0 saturated carbocycles. The van der Waals surface area contributed by atoms with Crippen LogP contribution < -0.4 is 5.32 Å². The maximum absolute atomic E-state index is 3.89. The first-order valence-corrected chi connectivity index (χ1v) is 7.47. The van der Waals surface area contributed by atoms with Crippen molar-refractivity contribution in [3.05, 3.63) is 30.6 Å². The zero-order valence-corrected chi connectivity index (χ0v) is 12.1. The number of hydrogen-bond donors (Lipinski definition) is 1. The lowest BCUT2D eigenvalue weighted by Crippen LogP contribution is -2.02. The van der Waals surface area contributed by atoms with Gasteiger partial charge in [-0.15, -0.1) is 5.10 Å². The fourth-order valence-electron chi connectivity index (χ4n) is 2.18. The number of benzene rings is 1. The fourth-order valence-corrected chi connectivity index (χ4v) is 2.18. The molecule has 1 N–H and O–H groups in total. The van der Waals surface area contributed by atoms with Crippen LogP contribution in [0.1, 0.15) is 45.4 Å². The Morgan fingerprint density at radius 2 is 1.95 bits per heavy atom. The van der Waals surface area contributed by atoms with Crippen molar-refractivity contribution in [3.8, 4) is 5.69 Å². The van der Waals surface area contributed by atoms with Crippen LogP contribution in [0.5, 0.6) is 0 Å². The molecule has 1 heterocycles. The molecule has 20 heavy (non-hydrogen) atoms. The zero-order chi connectivity index (χ0) is 14.0. The lowest BCUT2D eigenvalue weighted by molar-refractivity contribution is 0.617. The summed E-state index contributed by atoms with van der Waals surface area (Å²) in [6.07, 6.45) is 9.51. The molecule has 0 atom stereocenters. The Morgan fingerprint density at radius 3 is 2.75 bits per heavy atom. The summed E-state index contributed by atoms with van der Waals surface area (Å²) < 4.78 is 1.66. The number of unbranched alkanes of at least 4 members (excludes halogenated alkanes) is 5. The van der Waals surface area contributed by atoms with Gasteiger partial charge in [-0.1, -0.05) is 45.1 Å². The lowest BCUT2D eigenvalue weighted by Gasteiger charge is -2.08. The van der Waals surface area contributed by atoms with Crippen molar-refractivity contribution in [2.75, 3.05) is 11.9 Å². The van der Waals surface area contributed by atoms with Crippen LogP contribution in [-0.2, 0) is 0 Å². The Labute approximate surface area is 120 Å². The molecule has 0 saturated heterocycles. The van der Waals surface area contributed by atoms with E-state index in [-0.39, 0.29) is 0 Å². The number of tetrazole rings is 1. The Hall–Kier alpha value is -1.91. The van der Waals surface area contributed by atoms with Gasteiger partial charge in [-0.25, -0.2) is 4.68 Å². The molecule has 0 unspecified atom stereocenters. The molecule has 2 aromatic rings. The second-order valence-corrected chi connectivity index (χ2v) is 5.00. The predicted molar refractivity (Wildman–Crippen MR) is 81.0 cm³/mol. The first-order valence-electron chi connectivity index (χ1n) is 7.47. The number of hydrogen-bond acceptors (Lipinski definition) is 4. The average molecular weight is 273 g/mol. The van der Waals surface area contributed by atoms with Gasteiger partial charge in [-0.2, -0.15) is 0 Å². The van der Waals surface area contributed by atoms with Crippen LogP contribution in [0.25, 0.3) is 5.69 Å². The van der Waals surface area contributed by atoms with Crippen LogP contribution in [0.4, 0.5) is 5.69 Å². The van der Waals surface area contributed by atoms with Crippen molar-refractivity contribution >= 4 is 5.69 Å². The molecule has 0 spiro atoms. The molecular formula is C15H23N5. The normalized spacial score (nSPS) is 10.7. The van der Waals surface area contributed by atoms with E-state index in [4.69, 9.17) is 0 Å². The average Bonchev–Trinajstić information content (AvgIpc) is 3.01. The summed E-state index contributed by atoms with van der Waals surface area (Å²) >= 11 is 0. The number of nitrogens with one attached hydrogen (secondary N) is 1. The van der Waals surface area contributed by atoms with Gasteiger partial charge in [0.1, 0.15) is 6.33 Å². The highest BCUT2D eigenvalue weighted by Crippen LogP contribution is 2.13. The van der Waals surface area contributed by atoms with Crippen molar-refractivity contribution in [2.45, 2.75) is 45.4 Å². The monoisotopic (exact) mass is 273 g/mol. The van der Waals surface area contributed by atoms with Crippen molar-refractivity contribution < 1.29 is 0 Å². The molecule has 0 amide bonds. The topological polar surface area (TPSA) is 55.6 Å². The summed E-state index contributed by atoms with van der Waals surface area (Å²) in [7, 11) is 0. The Balaban J connectivity index is 1.72. The van der Waals surface area contributed by atoms with E-state index in [1.165, 1.54) is 38.5 Å². The summed E-state index contributed by atoms with van der Waals surface area (Å²) in [5, 5.41) is 14.7. The van der Waals surface area contributed by atoms with E-state index in [2.05, 4.69) is 39.9 Å². The molecule has 0 aliphatic heterocycles. The first kappa shape index (κ1) is 14.5. The molecule has 0 bridgehead atoms. The number of rotatable bonds is 9. The van der Waals surface area contributed by atoms with Crippen LogP contribution in [0.3, 0.4) is 0 Å². The molecule has 1 aromatic carbocycles. The minimum Gasteiger partial charge on any atom is -0.385 e. The minimum atomic E-state index is 0.975. The summed E-state index contributed by atoms with van der Waals surface area (Å²) in [5.74, 6) is 0. The van der Waals surface area contributed by atoms with Crippen molar-refractivity contribution in [1.29, 1.82) is 0 Å². The Morgan fingerprint density at radius 1 is 1.10 bits per heavy atom. The second kappa shape index (κ2) is 8.30. The third-order valence-electron chi connectivity index (χ3n) is 3.32. The maximum Gasteiger partial charge on any atom is 0.143 e. The SMILES string of the molecule is CCCCCCCCNc1cccc(-n2cnnn2)c1. The van der Waals surface area contributed by atoms with Crippen molar-refractivity contribution in [2.24, 2.45) is 0 Å². The smallest absolute Gasteiger partial charge is 0.143 e. The molecular weight excluding hydrogens is 250 g/mol. The van der Waals surface area contributed by atoms with E-state index in [1.807, 2.05) is 12.1 Å². The van der Waals surface area contributed by atoms with Gasteiger partial charge in [0.25, 0.3) is 0 Å². The number of nitrogens with zero attached hydrogens (tertiary/aromatic N) is 4. The number of aromatic nitrogens is 4. The van der Waals surface area contributed by atoms with E-state index in [9.17, 15) is 0 Å². The molecule has 0 aliphatic carbocycles. The van der Waals surface area contributed by atoms with Gasteiger partial charge >= 0.3 is 0 Å². The highest BCUT2D eigenvalue weighted by Gasteiger charge is 1.99. The second-order valence-electron chi connectivity index (χ2n) is 5.00. The fraction of sp³-hybridized carbons (Fsp3) is 0.533. The lowest BCUT2D eigenvalue weighted by atomic mass is 10.1. The first-order chi connectivity index (χ1) is 9.90. The van der Waals surface area contributed by atoms with Gasteiger partial charge < -0.3 is 5.32 Å². The van der Waals surface area contributed by atoms with Crippen LogP contribution in [0.15, 0.2) is 30.6 Å². The summed E-state index contributed by atoms with van der Waals surface area (Å²) in [6.45, 7) is 3.27. The van der Waals surface area contributed by atoms with Gasteiger partial charge in [0, 0.05) is 12.2 Å². The van der Waals surface area contributed by atoms with E-state index < -0.39 is 0 Å².